The summed E-state index contributed by atoms with van der Waals surface area (Å²) < 4.78 is 33.8. The predicted molar refractivity (Wildman–Crippen MR) is 125 cm³/mol. The summed E-state index contributed by atoms with van der Waals surface area (Å²) in [6, 6.07) is 3.43. The lowest BCUT2D eigenvalue weighted by atomic mass is 9.78. The number of hydrogen-bond acceptors (Lipinski definition) is 5. The molecule has 0 saturated heterocycles. The summed E-state index contributed by atoms with van der Waals surface area (Å²) in [5.74, 6) is -5.73. The highest BCUT2D eigenvalue weighted by Crippen LogP contribution is 2.39. The molecule has 1 heterocycles. The highest BCUT2D eigenvalue weighted by atomic mass is 19.3. The van der Waals surface area contributed by atoms with Gasteiger partial charge in [0, 0.05) is 37.4 Å². The Morgan fingerprint density at radius 2 is 2.00 bits per heavy atom. The van der Waals surface area contributed by atoms with E-state index in [-0.39, 0.29) is 38.6 Å². The van der Waals surface area contributed by atoms with Crippen molar-refractivity contribution in [1.29, 1.82) is 0 Å². The van der Waals surface area contributed by atoms with Crippen LogP contribution in [0.2, 0.25) is 0 Å². The third-order valence-electron chi connectivity index (χ3n) is 6.49. The smallest absolute Gasteiger partial charge is 0.407 e. The summed E-state index contributed by atoms with van der Waals surface area (Å²) in [5.41, 5.74) is 6.39. The van der Waals surface area contributed by atoms with Gasteiger partial charge in [-0.1, -0.05) is 12.1 Å². The average Bonchev–Trinajstić information content (AvgIpc) is 3.04. The first-order chi connectivity index (χ1) is 16.6. The van der Waals surface area contributed by atoms with Crippen molar-refractivity contribution in [3.8, 4) is 0 Å². The van der Waals surface area contributed by atoms with E-state index in [1.54, 1.807) is 39.0 Å². The van der Waals surface area contributed by atoms with E-state index >= 15 is 0 Å². The second kappa shape index (κ2) is 10.4. The number of carboxylic acid groups (broad SMARTS) is 1. The van der Waals surface area contributed by atoms with E-state index in [1.807, 2.05) is 0 Å². The van der Waals surface area contributed by atoms with Crippen LogP contribution in [0, 0.1) is 5.92 Å². The maximum atomic E-state index is 14.3. The number of fused-ring (bicyclic) bond motifs is 1. The molecule has 3 amide bonds. The highest BCUT2D eigenvalue weighted by molar-refractivity contribution is 6.01. The number of aliphatic carboxylic acids is 1. The molecule has 9 nitrogen and oxygen atoms in total. The minimum absolute atomic E-state index is 0.0651. The molecule has 0 spiro atoms. The molecule has 3 rings (SSSR count). The molecule has 2 aliphatic rings. The first-order valence-corrected chi connectivity index (χ1v) is 12.0. The number of primary amides is 1. The molecular formula is C25H33F2N3O6. The molecule has 0 bridgehead atoms. The van der Waals surface area contributed by atoms with E-state index < -0.39 is 59.8 Å². The van der Waals surface area contributed by atoms with E-state index in [2.05, 4.69) is 5.32 Å². The molecule has 0 radical (unpaired) electrons. The number of ether oxygens (including phenoxy) is 1. The Kier molecular flexibility index (Phi) is 7.90. The molecular weight excluding hydrogens is 476 g/mol. The fourth-order valence-corrected chi connectivity index (χ4v) is 4.88. The molecule has 1 aliphatic heterocycles. The Morgan fingerprint density at radius 3 is 2.61 bits per heavy atom. The van der Waals surface area contributed by atoms with Gasteiger partial charge in [0.1, 0.15) is 11.6 Å². The molecule has 198 valence electrons. The van der Waals surface area contributed by atoms with Crippen molar-refractivity contribution < 1.29 is 37.8 Å². The monoisotopic (exact) mass is 509 g/mol. The number of carbonyl (C=O) groups is 4. The summed E-state index contributed by atoms with van der Waals surface area (Å²) in [6.07, 6.45) is -1.45. The van der Waals surface area contributed by atoms with Gasteiger partial charge in [0.2, 0.25) is 11.8 Å². The number of halogens is 2. The van der Waals surface area contributed by atoms with Crippen LogP contribution in [0.5, 0.6) is 0 Å². The fraction of sp³-hybridized carbons (Fsp3) is 0.600. The summed E-state index contributed by atoms with van der Waals surface area (Å²) in [6.45, 7) is 5.23. The number of alkyl carbamates (subject to hydrolysis) is 1. The van der Waals surface area contributed by atoms with E-state index in [0.29, 0.717) is 16.7 Å². The number of amides is 3. The maximum absolute atomic E-state index is 14.3. The summed E-state index contributed by atoms with van der Waals surface area (Å²) in [5, 5.41) is 11.7. The van der Waals surface area contributed by atoms with E-state index in [0.717, 1.165) is 0 Å². The molecule has 1 unspecified atom stereocenters. The van der Waals surface area contributed by atoms with Gasteiger partial charge in [-0.3, -0.25) is 14.4 Å². The van der Waals surface area contributed by atoms with Crippen LogP contribution < -0.4 is 11.1 Å². The number of nitrogens with one attached hydrogen (secondary N) is 1. The minimum atomic E-state index is -2.85. The van der Waals surface area contributed by atoms with Crippen molar-refractivity contribution in [3.63, 3.8) is 0 Å². The van der Waals surface area contributed by atoms with Crippen LogP contribution in [-0.4, -0.2) is 57.5 Å². The van der Waals surface area contributed by atoms with E-state index in [9.17, 15) is 28.0 Å². The number of alkyl halides is 2. The summed E-state index contributed by atoms with van der Waals surface area (Å²) in [7, 11) is 0. The number of nitrogens with two attached hydrogens (primary N) is 1. The van der Waals surface area contributed by atoms with Gasteiger partial charge in [-0.2, -0.15) is 0 Å². The van der Waals surface area contributed by atoms with E-state index in [4.69, 9.17) is 15.6 Å². The number of carbonyl (C=O) groups excluding carboxylic acids is 3. The predicted octanol–water partition coefficient (Wildman–Crippen LogP) is 3.23. The topological polar surface area (TPSA) is 139 Å². The van der Waals surface area contributed by atoms with Crippen LogP contribution in [0.25, 0.3) is 0 Å². The van der Waals surface area contributed by atoms with Crippen molar-refractivity contribution >= 4 is 23.9 Å². The Labute approximate surface area is 208 Å². The normalized spacial score (nSPS) is 22.0. The molecule has 36 heavy (non-hydrogen) atoms. The number of rotatable bonds is 8. The second-order valence-corrected chi connectivity index (χ2v) is 10.6. The van der Waals surface area contributed by atoms with Crippen LogP contribution in [-0.2, 0) is 27.3 Å². The van der Waals surface area contributed by atoms with Gasteiger partial charge in [-0.05, 0) is 63.1 Å². The van der Waals surface area contributed by atoms with Crippen molar-refractivity contribution in [2.75, 3.05) is 0 Å². The lowest BCUT2D eigenvalue weighted by Crippen LogP contribution is -2.48. The van der Waals surface area contributed by atoms with E-state index in [1.165, 1.54) is 4.90 Å². The van der Waals surface area contributed by atoms with Gasteiger partial charge in [-0.15, -0.1) is 0 Å². The number of carboxylic acids is 1. The fourth-order valence-electron chi connectivity index (χ4n) is 4.88. The maximum Gasteiger partial charge on any atom is 0.407 e. The lowest BCUT2D eigenvalue weighted by molar-refractivity contribution is -0.137. The minimum Gasteiger partial charge on any atom is -0.481 e. The molecule has 1 aliphatic carbocycles. The SMILES string of the molecule is CC(C)(C)OC(=O)N[C@H]1CCC(F)(F)C[C@@H]1Cc1ccc2c(c1)CN(C(CCC(=O)O)C(N)=O)C2=O. The number of benzene rings is 1. The van der Waals surface area contributed by atoms with Crippen molar-refractivity contribution in [2.24, 2.45) is 11.7 Å². The van der Waals surface area contributed by atoms with Gasteiger partial charge < -0.3 is 25.8 Å². The number of hydrogen-bond donors (Lipinski definition) is 3. The third kappa shape index (κ3) is 6.92. The lowest BCUT2D eigenvalue weighted by Gasteiger charge is -2.37. The largest absolute Gasteiger partial charge is 0.481 e. The molecule has 0 aromatic heterocycles. The van der Waals surface area contributed by atoms with Crippen LogP contribution in [0.1, 0.15) is 74.4 Å². The zero-order valence-electron chi connectivity index (χ0n) is 20.7. The third-order valence-corrected chi connectivity index (χ3v) is 6.49. The van der Waals surface area contributed by atoms with Crippen LogP contribution >= 0.6 is 0 Å². The van der Waals surface area contributed by atoms with Crippen LogP contribution in [0.3, 0.4) is 0 Å². The van der Waals surface area contributed by atoms with Crippen molar-refractivity contribution in [3.05, 3.63) is 34.9 Å². The van der Waals surface area contributed by atoms with Crippen LogP contribution in [0.15, 0.2) is 18.2 Å². The zero-order valence-corrected chi connectivity index (χ0v) is 20.7. The molecule has 3 atom stereocenters. The van der Waals surface area contributed by atoms with Gasteiger partial charge in [0.05, 0.1) is 0 Å². The van der Waals surface area contributed by atoms with Gasteiger partial charge in [0.15, 0.2) is 0 Å². The second-order valence-electron chi connectivity index (χ2n) is 10.6. The first kappa shape index (κ1) is 27.3. The average molecular weight is 510 g/mol. The molecule has 1 aromatic carbocycles. The van der Waals surface area contributed by atoms with Gasteiger partial charge in [-0.25, -0.2) is 13.6 Å². The standard InChI is InChI=1S/C25H33F2N3O6/c1-24(2,3)36-23(35)29-18-8-9-25(26,27)12-15(18)10-14-4-5-17-16(11-14)13-30(22(17)34)19(21(28)33)6-7-20(31)32/h4-5,11,15,18-19H,6-10,12-13H2,1-3H3,(H2,28,33)(H,29,35)(H,31,32)/t15-,18-,19?/m0/s1. The first-order valence-electron chi connectivity index (χ1n) is 12.0. The highest BCUT2D eigenvalue weighted by Gasteiger charge is 2.42. The quantitative estimate of drug-likeness (QED) is 0.492. The zero-order chi connectivity index (χ0) is 26.8. The van der Waals surface area contributed by atoms with Crippen molar-refractivity contribution in [2.45, 2.75) is 89.4 Å². The Balaban J connectivity index is 1.76. The molecule has 1 fully saturated rings. The number of nitrogens with zero attached hydrogens (tertiary/aromatic N) is 1. The van der Waals surface area contributed by atoms with Crippen molar-refractivity contribution in [1.82, 2.24) is 10.2 Å². The molecule has 11 heteroatoms. The summed E-state index contributed by atoms with van der Waals surface area (Å²) in [4.78, 5) is 49.3. The van der Waals surface area contributed by atoms with Crippen LogP contribution in [0.4, 0.5) is 13.6 Å². The summed E-state index contributed by atoms with van der Waals surface area (Å²) >= 11 is 0. The molecule has 4 N–H and O–H groups in total. The Hall–Kier alpha value is -3.24. The Bertz CT molecular complexity index is 1040. The molecule has 1 saturated carbocycles. The van der Waals surface area contributed by atoms with Gasteiger partial charge in [0.25, 0.3) is 5.91 Å². The Morgan fingerprint density at radius 1 is 1.31 bits per heavy atom. The molecule has 1 aromatic rings. The van der Waals surface area contributed by atoms with Gasteiger partial charge >= 0.3 is 12.1 Å².